The van der Waals surface area contributed by atoms with E-state index < -0.39 is 11.7 Å². The van der Waals surface area contributed by atoms with Gasteiger partial charge in [0.15, 0.2) is 0 Å². The first-order valence-corrected chi connectivity index (χ1v) is 6.55. The molecule has 0 radical (unpaired) electrons. The summed E-state index contributed by atoms with van der Waals surface area (Å²) in [7, 11) is 0. The predicted molar refractivity (Wildman–Crippen MR) is 73.0 cm³/mol. The lowest BCUT2D eigenvalue weighted by Gasteiger charge is -2.12. The fraction of sp³-hybridized carbons (Fsp3) is 0.357. The number of aromatic nitrogens is 2. The van der Waals surface area contributed by atoms with Gasteiger partial charge in [-0.2, -0.15) is 13.2 Å². The zero-order valence-electron chi connectivity index (χ0n) is 11.3. The second-order valence-electron chi connectivity index (χ2n) is 4.74. The third-order valence-corrected chi connectivity index (χ3v) is 3.22. The molecule has 1 aromatic carbocycles. The van der Waals surface area contributed by atoms with Gasteiger partial charge in [0.25, 0.3) is 5.56 Å². The number of hydrogen-bond acceptors (Lipinski definition) is 2. The molecule has 0 fully saturated rings. The number of alkyl halides is 3. The molecule has 4 nitrogen and oxygen atoms in total. The minimum absolute atomic E-state index is 0.0549. The molecule has 0 atom stereocenters. The Morgan fingerprint density at radius 3 is 2.57 bits per heavy atom. The number of rotatable bonds is 5. The maximum Gasteiger partial charge on any atom is 0.416 e. The normalized spacial score (nSPS) is 11.8. The van der Waals surface area contributed by atoms with Crippen molar-refractivity contribution in [2.75, 3.05) is 6.54 Å². The van der Waals surface area contributed by atoms with E-state index in [0.717, 1.165) is 6.07 Å². The van der Waals surface area contributed by atoms with Crippen LogP contribution < -0.4 is 11.3 Å². The third kappa shape index (κ3) is 3.55. The van der Waals surface area contributed by atoms with Crippen LogP contribution in [0.5, 0.6) is 0 Å². The van der Waals surface area contributed by atoms with Crippen LogP contribution in [0, 0.1) is 0 Å². The summed E-state index contributed by atoms with van der Waals surface area (Å²) in [6.07, 6.45) is -1.74. The minimum atomic E-state index is -4.44. The Balaban J connectivity index is 2.28. The summed E-state index contributed by atoms with van der Waals surface area (Å²) in [4.78, 5) is 12.0. The summed E-state index contributed by atoms with van der Waals surface area (Å²) < 4.78 is 39.9. The second kappa shape index (κ2) is 6.17. The zero-order chi connectivity index (χ0) is 15.5. The molecule has 3 N–H and O–H groups in total. The molecule has 0 spiro atoms. The molecular weight excluding hydrogens is 283 g/mol. The molecule has 2 aromatic rings. The average molecular weight is 299 g/mol. The summed E-state index contributed by atoms with van der Waals surface area (Å²) >= 11 is 0. The molecule has 0 bridgehead atoms. The van der Waals surface area contributed by atoms with Crippen molar-refractivity contribution in [1.29, 1.82) is 0 Å². The lowest BCUT2D eigenvalue weighted by Crippen LogP contribution is -2.22. The summed E-state index contributed by atoms with van der Waals surface area (Å²) in [6.45, 7) is 0.318. The highest BCUT2D eigenvalue weighted by atomic mass is 19.4. The van der Waals surface area contributed by atoms with Gasteiger partial charge in [-0.05, 0) is 31.0 Å². The van der Waals surface area contributed by atoms with Crippen molar-refractivity contribution in [2.45, 2.75) is 25.6 Å². The Morgan fingerprint density at radius 2 is 1.90 bits per heavy atom. The summed E-state index contributed by atoms with van der Waals surface area (Å²) in [5.41, 5.74) is 4.94. The highest BCUT2D eigenvalue weighted by Gasteiger charge is 2.33. The van der Waals surface area contributed by atoms with Gasteiger partial charge in [-0.3, -0.25) is 4.79 Å². The number of H-pyrrole nitrogens is 1. The topological polar surface area (TPSA) is 63.8 Å². The van der Waals surface area contributed by atoms with Gasteiger partial charge in [-0.15, -0.1) is 0 Å². The van der Waals surface area contributed by atoms with Gasteiger partial charge in [-0.25, -0.2) is 4.68 Å². The van der Waals surface area contributed by atoms with Gasteiger partial charge < -0.3 is 10.8 Å². The van der Waals surface area contributed by atoms with Crippen molar-refractivity contribution in [3.05, 3.63) is 57.5 Å². The van der Waals surface area contributed by atoms with Crippen molar-refractivity contribution >= 4 is 0 Å². The van der Waals surface area contributed by atoms with Crippen LogP contribution in [0.1, 0.15) is 23.1 Å². The minimum Gasteiger partial charge on any atom is -0.330 e. The number of aryl methyl sites for hydroxylation is 1. The summed E-state index contributed by atoms with van der Waals surface area (Å²) in [5.74, 6) is 0. The van der Waals surface area contributed by atoms with Crippen molar-refractivity contribution in [1.82, 2.24) is 9.78 Å². The number of aromatic amines is 1. The van der Waals surface area contributed by atoms with Crippen LogP contribution in [0.4, 0.5) is 13.2 Å². The van der Waals surface area contributed by atoms with Crippen LogP contribution in [-0.2, 0) is 19.1 Å². The SMILES string of the molecule is NCCCc1c[nH]n(Cc2ccccc2C(F)(F)F)c1=O. The number of benzene rings is 1. The first-order chi connectivity index (χ1) is 9.93. The zero-order valence-corrected chi connectivity index (χ0v) is 11.3. The predicted octanol–water partition coefficient (Wildman–Crippen LogP) is 2.13. The van der Waals surface area contributed by atoms with E-state index in [1.54, 1.807) is 0 Å². The Morgan fingerprint density at radius 1 is 1.19 bits per heavy atom. The van der Waals surface area contributed by atoms with Crippen LogP contribution in [0.3, 0.4) is 0 Å². The lowest BCUT2D eigenvalue weighted by atomic mass is 10.1. The Labute approximate surface area is 119 Å². The molecule has 7 heteroatoms. The van der Waals surface area contributed by atoms with Crippen molar-refractivity contribution in [3.8, 4) is 0 Å². The monoisotopic (exact) mass is 299 g/mol. The third-order valence-electron chi connectivity index (χ3n) is 3.22. The number of nitrogens with two attached hydrogens (primary N) is 1. The smallest absolute Gasteiger partial charge is 0.330 e. The molecule has 1 aromatic heterocycles. The Hall–Kier alpha value is -2.02. The Bertz CT molecular complexity index is 658. The number of hydrogen-bond donors (Lipinski definition) is 2. The molecule has 0 aliphatic carbocycles. The van der Waals surface area contributed by atoms with Crippen molar-refractivity contribution in [3.63, 3.8) is 0 Å². The summed E-state index contributed by atoms with van der Waals surface area (Å²) in [6, 6.07) is 5.23. The first kappa shape index (κ1) is 15.4. The van der Waals surface area contributed by atoms with Gasteiger partial charge in [0.05, 0.1) is 12.1 Å². The van der Waals surface area contributed by atoms with Crippen LogP contribution in [0.25, 0.3) is 0 Å². The quantitative estimate of drug-likeness (QED) is 0.888. The average Bonchev–Trinajstić information content (AvgIpc) is 2.77. The molecule has 2 rings (SSSR count). The molecule has 0 aliphatic rings. The molecule has 0 amide bonds. The first-order valence-electron chi connectivity index (χ1n) is 6.55. The molecule has 0 saturated heterocycles. The van der Waals surface area contributed by atoms with Crippen molar-refractivity contribution < 1.29 is 13.2 Å². The highest BCUT2D eigenvalue weighted by Crippen LogP contribution is 2.31. The van der Waals surface area contributed by atoms with E-state index in [1.807, 2.05) is 0 Å². The van der Waals surface area contributed by atoms with Gasteiger partial charge >= 0.3 is 6.18 Å². The van der Waals surface area contributed by atoms with Crippen LogP contribution in [0.2, 0.25) is 0 Å². The van der Waals surface area contributed by atoms with Gasteiger partial charge in [0, 0.05) is 11.8 Å². The number of nitrogens with one attached hydrogen (secondary N) is 1. The fourth-order valence-corrected chi connectivity index (χ4v) is 2.14. The standard InChI is InChI=1S/C14H16F3N3O/c15-14(16,17)12-6-2-1-4-11(12)9-20-13(21)10(8-19-20)5-3-7-18/h1-2,4,6,8,19H,3,5,7,9,18H2. The van der Waals surface area contributed by atoms with E-state index in [-0.39, 0.29) is 17.7 Å². The molecule has 21 heavy (non-hydrogen) atoms. The van der Waals surface area contributed by atoms with E-state index in [9.17, 15) is 18.0 Å². The number of halogens is 3. The van der Waals surface area contributed by atoms with Crippen LogP contribution >= 0.6 is 0 Å². The highest BCUT2D eigenvalue weighted by molar-refractivity contribution is 5.29. The van der Waals surface area contributed by atoms with Gasteiger partial charge in [0.2, 0.25) is 0 Å². The molecule has 114 valence electrons. The number of nitrogens with zero attached hydrogens (tertiary/aromatic N) is 1. The van der Waals surface area contributed by atoms with E-state index in [1.165, 1.54) is 29.1 Å². The maximum absolute atomic E-state index is 12.9. The molecule has 0 aliphatic heterocycles. The van der Waals surface area contributed by atoms with E-state index in [0.29, 0.717) is 24.9 Å². The van der Waals surface area contributed by atoms with E-state index >= 15 is 0 Å². The molecule has 1 heterocycles. The fourth-order valence-electron chi connectivity index (χ4n) is 2.14. The van der Waals surface area contributed by atoms with Crippen molar-refractivity contribution in [2.24, 2.45) is 5.73 Å². The summed E-state index contributed by atoms with van der Waals surface area (Å²) in [5, 5.41) is 2.71. The van der Waals surface area contributed by atoms with Crippen LogP contribution in [0.15, 0.2) is 35.3 Å². The lowest BCUT2D eigenvalue weighted by molar-refractivity contribution is -0.138. The van der Waals surface area contributed by atoms with Crippen LogP contribution in [-0.4, -0.2) is 16.3 Å². The van der Waals surface area contributed by atoms with Gasteiger partial charge in [-0.1, -0.05) is 18.2 Å². The Kier molecular flexibility index (Phi) is 4.52. The van der Waals surface area contributed by atoms with E-state index in [2.05, 4.69) is 5.10 Å². The largest absolute Gasteiger partial charge is 0.416 e. The maximum atomic E-state index is 12.9. The molecule has 0 unspecified atom stereocenters. The second-order valence-corrected chi connectivity index (χ2v) is 4.74. The van der Waals surface area contributed by atoms with Gasteiger partial charge in [0.1, 0.15) is 0 Å². The molecular formula is C14H16F3N3O. The molecule has 0 saturated carbocycles. The van der Waals surface area contributed by atoms with E-state index in [4.69, 9.17) is 5.73 Å².